The number of amides is 3. The zero-order valence-electron chi connectivity index (χ0n) is 23.2. The number of urea groups is 1. The van der Waals surface area contributed by atoms with Crippen LogP contribution in [0.1, 0.15) is 33.5 Å². The number of hydrogen-bond donors (Lipinski definition) is 3. The van der Waals surface area contributed by atoms with Gasteiger partial charge in [0.15, 0.2) is 0 Å². The van der Waals surface area contributed by atoms with Gasteiger partial charge in [-0.1, -0.05) is 48.5 Å². The number of hydrogen-bond acceptors (Lipinski definition) is 5. The van der Waals surface area contributed by atoms with Crippen molar-refractivity contribution >= 4 is 28.7 Å². The lowest BCUT2D eigenvalue weighted by atomic mass is 10.0. The molecule has 2 aromatic heterocycles. The minimum Gasteiger partial charge on any atom is -0.391 e. The first kappa shape index (κ1) is 25.9. The lowest BCUT2D eigenvalue weighted by Gasteiger charge is -2.18. The number of anilines is 1. The molecule has 1 atom stereocenters. The van der Waals surface area contributed by atoms with E-state index in [0.29, 0.717) is 43.8 Å². The third kappa shape index (κ3) is 4.67. The highest BCUT2D eigenvalue weighted by Gasteiger charge is 2.26. The number of aliphatic hydroxyl groups is 1. The van der Waals surface area contributed by atoms with Crippen LogP contribution in [0.2, 0.25) is 0 Å². The smallest absolute Gasteiger partial charge is 0.322 e. The van der Waals surface area contributed by atoms with Gasteiger partial charge in [0.25, 0.3) is 5.91 Å². The van der Waals surface area contributed by atoms with Gasteiger partial charge >= 0.3 is 6.03 Å². The first-order chi connectivity index (χ1) is 20.4. The fraction of sp³-hybridized carbons (Fsp3) is 0.212. The van der Waals surface area contributed by atoms with E-state index < -0.39 is 6.10 Å². The maximum Gasteiger partial charge on any atom is 0.322 e. The highest BCUT2D eigenvalue weighted by Crippen LogP contribution is 2.34. The Morgan fingerprint density at radius 2 is 1.71 bits per heavy atom. The zero-order valence-corrected chi connectivity index (χ0v) is 23.2. The Morgan fingerprint density at radius 3 is 2.43 bits per heavy atom. The van der Waals surface area contributed by atoms with E-state index >= 15 is 0 Å². The van der Waals surface area contributed by atoms with Crippen LogP contribution in [0, 0.1) is 6.92 Å². The Bertz CT molecular complexity index is 1800. The van der Waals surface area contributed by atoms with E-state index in [1.54, 1.807) is 4.90 Å². The topological polar surface area (TPSA) is 114 Å². The largest absolute Gasteiger partial charge is 0.391 e. The van der Waals surface area contributed by atoms with Crippen molar-refractivity contribution in [2.75, 3.05) is 18.4 Å². The van der Waals surface area contributed by atoms with Gasteiger partial charge < -0.3 is 25.2 Å². The molecule has 1 fully saturated rings. The summed E-state index contributed by atoms with van der Waals surface area (Å²) >= 11 is 0. The molecule has 210 valence electrons. The van der Waals surface area contributed by atoms with Crippen molar-refractivity contribution in [1.82, 2.24) is 24.8 Å². The van der Waals surface area contributed by atoms with E-state index in [0.717, 1.165) is 39.2 Å². The number of nitrogens with zero attached hydrogens (tertiary/aromatic N) is 4. The van der Waals surface area contributed by atoms with Gasteiger partial charge in [-0.2, -0.15) is 0 Å². The van der Waals surface area contributed by atoms with Crippen molar-refractivity contribution in [3.63, 3.8) is 0 Å². The Labute approximate surface area is 242 Å². The van der Waals surface area contributed by atoms with E-state index in [-0.39, 0.29) is 11.9 Å². The first-order valence-electron chi connectivity index (χ1n) is 14.1. The number of aromatic amines is 1. The Morgan fingerprint density at radius 1 is 0.952 bits per heavy atom. The molecule has 2 aliphatic rings. The first-order valence-corrected chi connectivity index (χ1v) is 14.1. The van der Waals surface area contributed by atoms with Crippen LogP contribution < -0.4 is 5.32 Å². The molecule has 3 amide bonds. The summed E-state index contributed by atoms with van der Waals surface area (Å²) in [7, 11) is 0. The van der Waals surface area contributed by atoms with Gasteiger partial charge in [-0.25, -0.2) is 14.8 Å². The van der Waals surface area contributed by atoms with Crippen LogP contribution in [0.3, 0.4) is 0 Å². The second-order valence-electron chi connectivity index (χ2n) is 11.0. The van der Waals surface area contributed by atoms with Crippen LogP contribution in [0.5, 0.6) is 0 Å². The predicted octanol–water partition coefficient (Wildman–Crippen LogP) is 5.35. The minimum atomic E-state index is -0.446. The number of benzene rings is 3. The molecule has 9 nitrogen and oxygen atoms in total. The van der Waals surface area contributed by atoms with Gasteiger partial charge in [0.2, 0.25) is 0 Å². The van der Waals surface area contributed by atoms with Crippen LogP contribution in [0.25, 0.3) is 33.5 Å². The van der Waals surface area contributed by atoms with Gasteiger partial charge in [-0.15, -0.1) is 0 Å². The molecule has 0 radical (unpaired) electrons. The molecular weight excluding hydrogens is 528 g/mol. The summed E-state index contributed by atoms with van der Waals surface area (Å²) in [6.45, 7) is 4.12. The number of carbonyl (C=O) groups is 2. The average molecular weight is 559 g/mol. The maximum atomic E-state index is 13.2. The van der Waals surface area contributed by atoms with Crippen molar-refractivity contribution < 1.29 is 14.7 Å². The molecular formula is C33H30N6O3. The number of likely N-dealkylation sites (tertiary alicyclic amines) is 1. The third-order valence-electron chi connectivity index (χ3n) is 8.28. The number of H-pyrrole nitrogens is 1. The molecule has 1 saturated heterocycles. The Kier molecular flexibility index (Phi) is 6.43. The van der Waals surface area contributed by atoms with Crippen LogP contribution in [-0.2, 0) is 13.1 Å². The number of carbonyl (C=O) groups excluding carboxylic acids is 2. The van der Waals surface area contributed by atoms with Crippen LogP contribution in [0.15, 0.2) is 79.1 Å². The van der Waals surface area contributed by atoms with Crippen molar-refractivity contribution in [3.05, 3.63) is 101 Å². The number of aromatic nitrogens is 3. The predicted molar refractivity (Wildman–Crippen MR) is 161 cm³/mol. The molecule has 0 saturated carbocycles. The highest BCUT2D eigenvalue weighted by molar-refractivity contribution is 5.98. The molecule has 42 heavy (non-hydrogen) atoms. The second-order valence-corrected chi connectivity index (χ2v) is 11.0. The molecule has 0 aliphatic carbocycles. The van der Waals surface area contributed by atoms with Gasteiger partial charge in [0.1, 0.15) is 12.0 Å². The van der Waals surface area contributed by atoms with Gasteiger partial charge in [-0.3, -0.25) is 4.79 Å². The van der Waals surface area contributed by atoms with E-state index in [1.165, 1.54) is 17.5 Å². The van der Waals surface area contributed by atoms with E-state index in [9.17, 15) is 14.7 Å². The molecule has 2 aliphatic heterocycles. The van der Waals surface area contributed by atoms with E-state index in [4.69, 9.17) is 0 Å². The molecule has 4 heterocycles. The van der Waals surface area contributed by atoms with Crippen LogP contribution in [0.4, 0.5) is 10.5 Å². The standard InChI is InChI=1S/C33H30N6O3/c1-20-26(7-4-8-28(20)37-33(42)39-16-23-5-2-3-6-24(23)17-39)30-27-15-29(36-31(27)35-19-34-30)21-9-11-22(12-10-21)32(41)38-14-13-25(40)18-38/h2-12,15,19,25,40H,13-14,16-18H2,1H3,(H,37,42)(H,34,35,36)/t25-/m1/s1. The Balaban J connectivity index is 1.14. The van der Waals surface area contributed by atoms with Crippen LogP contribution >= 0.6 is 0 Å². The summed E-state index contributed by atoms with van der Waals surface area (Å²) in [5.41, 5.74) is 8.76. The third-order valence-corrected chi connectivity index (χ3v) is 8.28. The average Bonchev–Trinajstić information content (AvgIpc) is 3.76. The fourth-order valence-electron chi connectivity index (χ4n) is 5.91. The van der Waals surface area contributed by atoms with Crippen molar-refractivity contribution in [2.24, 2.45) is 0 Å². The molecule has 7 rings (SSSR count). The number of fused-ring (bicyclic) bond motifs is 2. The highest BCUT2D eigenvalue weighted by atomic mass is 16.3. The maximum absolute atomic E-state index is 13.2. The van der Waals surface area contributed by atoms with Gasteiger partial charge in [0.05, 0.1) is 11.8 Å². The number of aliphatic hydroxyl groups excluding tert-OH is 1. The van der Waals surface area contributed by atoms with Crippen molar-refractivity contribution in [1.29, 1.82) is 0 Å². The van der Waals surface area contributed by atoms with Gasteiger partial charge in [0, 0.05) is 54.1 Å². The van der Waals surface area contributed by atoms with E-state index in [1.807, 2.05) is 72.5 Å². The molecule has 0 spiro atoms. The number of nitrogens with one attached hydrogen (secondary N) is 2. The van der Waals surface area contributed by atoms with Crippen molar-refractivity contribution in [2.45, 2.75) is 32.5 Å². The summed E-state index contributed by atoms with van der Waals surface area (Å²) in [6, 6.07) is 23.3. The van der Waals surface area contributed by atoms with Gasteiger partial charge in [-0.05, 0) is 59.9 Å². The number of rotatable bonds is 4. The normalized spacial score (nSPS) is 16.2. The van der Waals surface area contributed by atoms with Crippen molar-refractivity contribution in [3.8, 4) is 22.5 Å². The SMILES string of the molecule is Cc1c(NC(=O)N2Cc3ccccc3C2)cccc1-c1ncnc2[nH]c(-c3ccc(C(=O)N4CC[C@@H](O)C4)cc3)cc12. The second kappa shape index (κ2) is 10.4. The summed E-state index contributed by atoms with van der Waals surface area (Å²) < 4.78 is 0. The number of β-amino-alcohol motifs (C(OH)–C–C–N with tert-alkyl or cyclic N) is 1. The summed E-state index contributed by atoms with van der Waals surface area (Å²) in [4.78, 5) is 41.9. The molecule has 3 aromatic carbocycles. The molecule has 9 heteroatoms. The summed E-state index contributed by atoms with van der Waals surface area (Å²) in [5, 5.41) is 13.7. The lowest BCUT2D eigenvalue weighted by Crippen LogP contribution is -2.30. The molecule has 0 bridgehead atoms. The fourth-order valence-corrected chi connectivity index (χ4v) is 5.91. The summed E-state index contributed by atoms with van der Waals surface area (Å²) in [5.74, 6) is -0.0698. The van der Waals surface area contributed by atoms with E-state index in [2.05, 4.69) is 32.4 Å². The Hall–Kier alpha value is -5.02. The molecule has 3 N–H and O–H groups in total. The zero-order chi connectivity index (χ0) is 28.8. The summed E-state index contributed by atoms with van der Waals surface area (Å²) in [6.07, 6.45) is 1.71. The minimum absolute atomic E-state index is 0.0698. The molecule has 5 aromatic rings. The molecule has 0 unspecified atom stereocenters. The lowest BCUT2D eigenvalue weighted by molar-refractivity contribution is 0.0765. The quantitative estimate of drug-likeness (QED) is 0.275. The van der Waals surface area contributed by atoms with Crippen LogP contribution in [-0.4, -0.2) is 61.0 Å². The monoisotopic (exact) mass is 558 g/mol.